The van der Waals surface area contributed by atoms with Crippen LogP contribution in [0.2, 0.25) is 0 Å². The van der Waals surface area contributed by atoms with Gasteiger partial charge in [-0.05, 0) is 30.5 Å². The Kier molecular flexibility index (Phi) is 5.53. The molecule has 1 amide bonds. The first-order valence-corrected chi connectivity index (χ1v) is 9.59. The first-order chi connectivity index (χ1) is 13.7. The first kappa shape index (κ1) is 18.4. The molecule has 0 spiro atoms. The smallest absolute Gasteiger partial charge is 0.271 e. The number of nitrogens with zero attached hydrogens (tertiary/aromatic N) is 4. The molecule has 1 unspecified atom stereocenters. The van der Waals surface area contributed by atoms with E-state index in [0.29, 0.717) is 43.6 Å². The van der Waals surface area contributed by atoms with Crippen molar-refractivity contribution in [3.63, 3.8) is 0 Å². The number of likely N-dealkylation sites (tertiary alicyclic amines) is 1. The Morgan fingerprint density at radius 2 is 2.11 bits per heavy atom. The zero-order valence-electron chi connectivity index (χ0n) is 16.0. The van der Waals surface area contributed by atoms with E-state index in [2.05, 4.69) is 10.1 Å². The number of hydrogen-bond donors (Lipinski definition) is 0. The van der Waals surface area contributed by atoms with Crippen LogP contribution in [-0.4, -0.2) is 38.7 Å². The Morgan fingerprint density at radius 1 is 1.25 bits per heavy atom. The zero-order chi connectivity index (χ0) is 19.3. The Bertz CT molecular complexity index is 919. The zero-order valence-corrected chi connectivity index (χ0v) is 16.0. The Balaban J connectivity index is 1.34. The lowest BCUT2D eigenvalue weighted by molar-refractivity contribution is 0.0700. The molecule has 2 aromatic heterocycles. The van der Waals surface area contributed by atoms with Crippen molar-refractivity contribution < 1.29 is 14.1 Å². The minimum atomic E-state index is -0.158. The number of carbonyl (C=O) groups excluding carboxylic acids is 1. The third-order valence-corrected chi connectivity index (χ3v) is 5.03. The normalized spacial score (nSPS) is 16.6. The van der Waals surface area contributed by atoms with Gasteiger partial charge in [0.25, 0.3) is 5.91 Å². The number of aryl methyl sites for hydroxylation is 1. The summed E-state index contributed by atoms with van der Waals surface area (Å²) in [4.78, 5) is 19.2. The summed E-state index contributed by atoms with van der Waals surface area (Å²) in [6.07, 6.45) is 4.22. The second-order valence-electron chi connectivity index (χ2n) is 7.00. The second kappa shape index (κ2) is 8.39. The molecule has 1 saturated heterocycles. The van der Waals surface area contributed by atoms with Gasteiger partial charge in [0.15, 0.2) is 5.82 Å². The van der Waals surface area contributed by atoms with E-state index in [9.17, 15) is 4.79 Å². The lowest BCUT2D eigenvalue weighted by Gasteiger charge is -2.22. The van der Waals surface area contributed by atoms with Crippen molar-refractivity contribution >= 4 is 5.91 Å². The highest BCUT2D eigenvalue weighted by Crippen LogP contribution is 2.32. The lowest BCUT2D eigenvalue weighted by Crippen LogP contribution is -2.32. The van der Waals surface area contributed by atoms with E-state index in [-0.39, 0.29) is 11.9 Å². The van der Waals surface area contributed by atoms with Crippen molar-refractivity contribution in [1.82, 2.24) is 19.6 Å². The van der Waals surface area contributed by atoms with Crippen molar-refractivity contribution in [2.24, 2.45) is 7.05 Å². The molecule has 0 radical (unpaired) electrons. The Labute approximate surface area is 163 Å². The van der Waals surface area contributed by atoms with Crippen LogP contribution in [0.3, 0.4) is 0 Å². The van der Waals surface area contributed by atoms with E-state index < -0.39 is 0 Å². The van der Waals surface area contributed by atoms with Gasteiger partial charge in [-0.3, -0.25) is 4.79 Å². The highest BCUT2D eigenvalue weighted by molar-refractivity contribution is 5.93. The fraction of sp³-hybridized carbons (Fsp3) is 0.381. The van der Waals surface area contributed by atoms with E-state index in [1.54, 1.807) is 0 Å². The average molecular weight is 380 g/mol. The predicted molar refractivity (Wildman–Crippen MR) is 103 cm³/mol. The fourth-order valence-corrected chi connectivity index (χ4v) is 3.53. The van der Waals surface area contributed by atoms with Crippen LogP contribution in [0.25, 0.3) is 0 Å². The van der Waals surface area contributed by atoms with Crippen LogP contribution in [0.5, 0.6) is 0 Å². The molecule has 146 valence electrons. The third kappa shape index (κ3) is 3.99. The molecule has 1 fully saturated rings. The number of aromatic nitrogens is 3. The van der Waals surface area contributed by atoms with Gasteiger partial charge in [-0.25, -0.2) is 0 Å². The second-order valence-corrected chi connectivity index (χ2v) is 7.00. The summed E-state index contributed by atoms with van der Waals surface area (Å²) in [6, 6.07) is 13.6. The molecule has 0 aliphatic carbocycles. The molecule has 0 N–H and O–H groups in total. The summed E-state index contributed by atoms with van der Waals surface area (Å²) < 4.78 is 13.0. The maximum Gasteiger partial charge on any atom is 0.271 e. The van der Waals surface area contributed by atoms with E-state index in [0.717, 1.165) is 18.4 Å². The molecule has 4 rings (SSSR count). The van der Waals surface area contributed by atoms with Crippen LogP contribution in [-0.2, 0) is 24.8 Å². The summed E-state index contributed by atoms with van der Waals surface area (Å²) in [5.74, 6) is 1.13. The lowest BCUT2D eigenvalue weighted by atomic mass is 10.2. The topological polar surface area (TPSA) is 73.4 Å². The largest absolute Gasteiger partial charge is 0.376 e. The van der Waals surface area contributed by atoms with Gasteiger partial charge in [-0.15, -0.1) is 0 Å². The Hall–Kier alpha value is -2.93. The average Bonchev–Trinajstić information content (AvgIpc) is 3.46. The minimum absolute atomic E-state index is 0.000874. The van der Waals surface area contributed by atoms with Crippen molar-refractivity contribution in [1.29, 1.82) is 0 Å². The van der Waals surface area contributed by atoms with Gasteiger partial charge in [0, 0.05) is 26.2 Å². The maximum atomic E-state index is 12.9. The molecule has 1 aliphatic heterocycles. The highest BCUT2D eigenvalue weighted by atomic mass is 16.5. The summed E-state index contributed by atoms with van der Waals surface area (Å²) in [5.41, 5.74) is 1.80. The fourth-order valence-electron chi connectivity index (χ4n) is 3.53. The molecule has 1 aliphatic rings. The molecule has 0 bridgehead atoms. The van der Waals surface area contributed by atoms with Crippen LogP contribution in [0.4, 0.5) is 0 Å². The molecule has 3 aromatic rings. The van der Waals surface area contributed by atoms with E-state index in [4.69, 9.17) is 9.26 Å². The van der Waals surface area contributed by atoms with Crippen molar-refractivity contribution in [3.8, 4) is 0 Å². The first-order valence-electron chi connectivity index (χ1n) is 9.59. The maximum absolute atomic E-state index is 12.9. The van der Waals surface area contributed by atoms with E-state index in [1.165, 1.54) is 0 Å². The SMILES string of the molecule is Cn1cccc1C(=O)N1CCCC1c1nc(CCOCc2ccccc2)no1. The van der Waals surface area contributed by atoms with Crippen LogP contribution in [0.15, 0.2) is 53.2 Å². The number of amides is 1. The molecule has 7 heteroatoms. The summed E-state index contributed by atoms with van der Waals surface area (Å²) >= 11 is 0. The van der Waals surface area contributed by atoms with Gasteiger partial charge in [0.05, 0.1) is 13.2 Å². The van der Waals surface area contributed by atoms with Gasteiger partial charge in [-0.1, -0.05) is 35.5 Å². The van der Waals surface area contributed by atoms with Gasteiger partial charge in [-0.2, -0.15) is 4.98 Å². The number of rotatable bonds is 7. The standard InChI is InChI=1S/C21H24N4O3/c1-24-12-5-10-18(24)21(26)25-13-6-9-17(25)20-22-19(23-28-20)11-14-27-15-16-7-3-2-4-8-16/h2-5,7-8,10,12,17H,6,9,11,13-15H2,1H3. The van der Waals surface area contributed by atoms with E-state index in [1.807, 2.05) is 65.2 Å². The van der Waals surface area contributed by atoms with Gasteiger partial charge in [0.2, 0.25) is 5.89 Å². The monoisotopic (exact) mass is 380 g/mol. The quantitative estimate of drug-likeness (QED) is 0.589. The van der Waals surface area contributed by atoms with Gasteiger partial charge < -0.3 is 18.7 Å². The Morgan fingerprint density at radius 3 is 2.89 bits per heavy atom. The number of benzene rings is 1. The third-order valence-electron chi connectivity index (χ3n) is 5.03. The van der Waals surface area contributed by atoms with E-state index >= 15 is 0 Å². The molecule has 1 atom stereocenters. The predicted octanol–water partition coefficient (Wildman–Crippen LogP) is 3.14. The van der Waals surface area contributed by atoms with Crippen LogP contribution in [0.1, 0.15) is 46.7 Å². The molecule has 7 nitrogen and oxygen atoms in total. The highest BCUT2D eigenvalue weighted by Gasteiger charge is 2.35. The molecular weight excluding hydrogens is 356 g/mol. The summed E-state index contributed by atoms with van der Waals surface area (Å²) in [6.45, 7) is 1.78. The molecule has 3 heterocycles. The van der Waals surface area contributed by atoms with Crippen molar-refractivity contribution in [2.45, 2.75) is 31.9 Å². The van der Waals surface area contributed by atoms with Crippen LogP contribution < -0.4 is 0 Å². The van der Waals surface area contributed by atoms with Crippen LogP contribution in [0, 0.1) is 0 Å². The molecular formula is C21H24N4O3. The summed E-state index contributed by atoms with van der Waals surface area (Å²) in [5, 5.41) is 4.07. The molecule has 28 heavy (non-hydrogen) atoms. The van der Waals surface area contributed by atoms with Crippen molar-refractivity contribution in [3.05, 3.63) is 71.6 Å². The van der Waals surface area contributed by atoms with Crippen molar-refractivity contribution in [2.75, 3.05) is 13.2 Å². The number of hydrogen-bond acceptors (Lipinski definition) is 5. The number of ether oxygens (including phenoxy) is 1. The number of carbonyl (C=O) groups is 1. The van der Waals surface area contributed by atoms with Gasteiger partial charge >= 0.3 is 0 Å². The molecule has 1 aromatic carbocycles. The summed E-state index contributed by atoms with van der Waals surface area (Å²) in [7, 11) is 1.87. The van der Waals surface area contributed by atoms with Crippen LogP contribution >= 0.6 is 0 Å². The minimum Gasteiger partial charge on any atom is -0.376 e. The van der Waals surface area contributed by atoms with Gasteiger partial charge in [0.1, 0.15) is 11.7 Å². The molecule has 0 saturated carbocycles.